The largest absolute Gasteiger partial charge is 0.383 e. The van der Waals surface area contributed by atoms with Gasteiger partial charge in [-0.1, -0.05) is 23.2 Å². The summed E-state index contributed by atoms with van der Waals surface area (Å²) in [5.41, 5.74) is 13.7. The van der Waals surface area contributed by atoms with E-state index in [2.05, 4.69) is 32.6 Å². The molecule has 1 aromatic heterocycles. The Morgan fingerprint density at radius 3 is 2.55 bits per heavy atom. The third kappa shape index (κ3) is 2.99. The summed E-state index contributed by atoms with van der Waals surface area (Å²) in [6.07, 6.45) is 0. The van der Waals surface area contributed by atoms with Crippen LogP contribution in [-0.4, -0.2) is 17.9 Å². The quantitative estimate of drug-likeness (QED) is 0.337. The highest BCUT2D eigenvalue weighted by molar-refractivity contribution is 14.1. The van der Waals surface area contributed by atoms with Crippen molar-refractivity contribution >= 4 is 57.4 Å². The Morgan fingerprint density at radius 2 is 1.95 bits per heavy atom. The van der Waals surface area contributed by atoms with Gasteiger partial charge in [-0.25, -0.2) is 4.98 Å². The van der Waals surface area contributed by atoms with Gasteiger partial charge in [0.1, 0.15) is 17.3 Å². The molecule has 0 aliphatic rings. The lowest BCUT2D eigenvalue weighted by Gasteiger charge is -2.10. The Labute approximate surface area is 140 Å². The standard InChI is InChI=1S/C13H11Cl2IN4/c1-19-13(18)10-3-2-7(12(17)20-10)8-4-6(16)5-9(14)11(8)15/h2-5H,1H3,(H2,17,20)(H2,18,19). The van der Waals surface area contributed by atoms with Crippen molar-refractivity contribution in [1.29, 1.82) is 0 Å². The number of benzene rings is 1. The van der Waals surface area contributed by atoms with E-state index in [1.807, 2.05) is 12.1 Å². The molecular weight excluding hydrogens is 410 g/mol. The molecule has 20 heavy (non-hydrogen) atoms. The molecule has 1 heterocycles. The summed E-state index contributed by atoms with van der Waals surface area (Å²) in [5, 5.41) is 0.928. The Hall–Kier alpha value is -1.05. The van der Waals surface area contributed by atoms with E-state index >= 15 is 0 Å². The molecule has 0 fully saturated rings. The van der Waals surface area contributed by atoms with Crippen molar-refractivity contribution in [1.82, 2.24) is 4.98 Å². The lowest BCUT2D eigenvalue weighted by Crippen LogP contribution is -2.15. The van der Waals surface area contributed by atoms with E-state index in [0.29, 0.717) is 33.0 Å². The number of rotatable bonds is 2. The first-order valence-electron chi connectivity index (χ1n) is 5.58. The Morgan fingerprint density at radius 1 is 1.25 bits per heavy atom. The SMILES string of the molecule is CN=C(N)c1ccc(-c2cc(I)cc(Cl)c2Cl)c(N)n1. The highest BCUT2D eigenvalue weighted by Crippen LogP contribution is 2.37. The molecule has 104 valence electrons. The topological polar surface area (TPSA) is 77.3 Å². The second kappa shape index (κ2) is 6.15. The van der Waals surface area contributed by atoms with Crippen LogP contribution in [0, 0.1) is 3.57 Å². The van der Waals surface area contributed by atoms with Crippen LogP contribution in [-0.2, 0) is 0 Å². The summed E-state index contributed by atoms with van der Waals surface area (Å²) in [6, 6.07) is 7.24. The second-order valence-corrected chi connectivity index (χ2v) is 6.02. The average Bonchev–Trinajstić information content (AvgIpc) is 2.42. The van der Waals surface area contributed by atoms with Crippen LogP contribution in [0.3, 0.4) is 0 Å². The minimum absolute atomic E-state index is 0.328. The highest BCUT2D eigenvalue weighted by atomic mass is 127. The maximum Gasteiger partial charge on any atom is 0.144 e. The van der Waals surface area contributed by atoms with Crippen molar-refractivity contribution in [3.05, 3.63) is 43.6 Å². The number of aromatic nitrogens is 1. The highest BCUT2D eigenvalue weighted by Gasteiger charge is 2.13. The minimum Gasteiger partial charge on any atom is -0.383 e. The summed E-state index contributed by atoms with van der Waals surface area (Å²) in [5.74, 6) is 0.657. The van der Waals surface area contributed by atoms with Crippen LogP contribution in [0.15, 0.2) is 29.3 Å². The van der Waals surface area contributed by atoms with E-state index in [1.54, 1.807) is 19.2 Å². The number of nitrogen functional groups attached to an aromatic ring is 1. The van der Waals surface area contributed by atoms with E-state index in [0.717, 1.165) is 9.13 Å². The monoisotopic (exact) mass is 420 g/mol. The first-order chi connectivity index (χ1) is 9.43. The normalized spacial score (nSPS) is 11.7. The number of aliphatic imine (C=N–C) groups is 1. The molecular formula is C13H11Cl2IN4. The molecule has 0 spiro atoms. The number of pyridine rings is 1. The third-order valence-corrected chi connectivity index (χ3v) is 4.14. The van der Waals surface area contributed by atoms with E-state index in [4.69, 9.17) is 34.7 Å². The molecule has 0 aliphatic heterocycles. The van der Waals surface area contributed by atoms with Gasteiger partial charge in [0.25, 0.3) is 0 Å². The van der Waals surface area contributed by atoms with E-state index in [-0.39, 0.29) is 0 Å². The smallest absolute Gasteiger partial charge is 0.144 e. The van der Waals surface area contributed by atoms with Gasteiger partial charge in [0.05, 0.1) is 10.0 Å². The maximum absolute atomic E-state index is 6.23. The van der Waals surface area contributed by atoms with Gasteiger partial charge in [-0.15, -0.1) is 0 Å². The fraction of sp³-hybridized carbons (Fsp3) is 0.0769. The summed E-state index contributed by atoms with van der Waals surface area (Å²) in [4.78, 5) is 8.11. The summed E-state index contributed by atoms with van der Waals surface area (Å²) >= 11 is 14.5. The molecule has 0 amide bonds. The van der Waals surface area contributed by atoms with Crippen LogP contribution in [0.25, 0.3) is 11.1 Å². The zero-order valence-electron chi connectivity index (χ0n) is 10.5. The zero-order chi connectivity index (χ0) is 14.9. The average molecular weight is 421 g/mol. The second-order valence-electron chi connectivity index (χ2n) is 3.99. The van der Waals surface area contributed by atoms with Crippen LogP contribution < -0.4 is 11.5 Å². The molecule has 0 aliphatic carbocycles. The van der Waals surface area contributed by atoms with Gasteiger partial charge in [0.2, 0.25) is 0 Å². The van der Waals surface area contributed by atoms with Crippen molar-refractivity contribution < 1.29 is 0 Å². The molecule has 1 aromatic carbocycles. The van der Waals surface area contributed by atoms with E-state index < -0.39 is 0 Å². The van der Waals surface area contributed by atoms with Crippen LogP contribution in [0.2, 0.25) is 10.0 Å². The lowest BCUT2D eigenvalue weighted by molar-refractivity contribution is 1.26. The molecule has 0 radical (unpaired) electrons. The van der Waals surface area contributed by atoms with Crippen LogP contribution in [0.4, 0.5) is 5.82 Å². The summed E-state index contributed by atoms with van der Waals surface area (Å²) in [6.45, 7) is 0. The van der Waals surface area contributed by atoms with Gasteiger partial charge in [-0.2, -0.15) is 0 Å². The first kappa shape index (κ1) is 15.3. The molecule has 0 bridgehead atoms. The van der Waals surface area contributed by atoms with Gasteiger partial charge in [-0.3, -0.25) is 4.99 Å². The fourth-order valence-electron chi connectivity index (χ4n) is 1.71. The van der Waals surface area contributed by atoms with Crippen molar-refractivity contribution in [2.24, 2.45) is 10.7 Å². The molecule has 2 aromatic rings. The first-order valence-corrected chi connectivity index (χ1v) is 7.41. The van der Waals surface area contributed by atoms with Gasteiger partial charge >= 0.3 is 0 Å². The van der Waals surface area contributed by atoms with Gasteiger partial charge < -0.3 is 11.5 Å². The predicted molar refractivity (Wildman–Crippen MR) is 93.5 cm³/mol. The molecule has 4 N–H and O–H groups in total. The van der Waals surface area contributed by atoms with Gasteiger partial charge in [-0.05, 0) is 46.9 Å². The number of hydrogen-bond acceptors (Lipinski definition) is 3. The van der Waals surface area contributed by atoms with Gasteiger partial charge in [0.15, 0.2) is 0 Å². The van der Waals surface area contributed by atoms with Crippen molar-refractivity contribution in [2.45, 2.75) is 0 Å². The summed E-state index contributed by atoms with van der Waals surface area (Å²) < 4.78 is 0.963. The van der Waals surface area contributed by atoms with Crippen LogP contribution in [0.5, 0.6) is 0 Å². The lowest BCUT2D eigenvalue weighted by atomic mass is 10.1. The van der Waals surface area contributed by atoms with Gasteiger partial charge in [0, 0.05) is 21.7 Å². The third-order valence-electron chi connectivity index (χ3n) is 2.71. The van der Waals surface area contributed by atoms with Crippen LogP contribution in [0.1, 0.15) is 5.69 Å². The Kier molecular flexibility index (Phi) is 4.72. The number of hydrogen-bond donors (Lipinski definition) is 2. The molecule has 4 nitrogen and oxygen atoms in total. The maximum atomic E-state index is 6.23. The van der Waals surface area contributed by atoms with Crippen molar-refractivity contribution in [2.75, 3.05) is 12.8 Å². The predicted octanol–water partition coefficient (Wildman–Crippen LogP) is 3.58. The Balaban J connectivity index is 2.60. The van der Waals surface area contributed by atoms with Crippen LogP contribution >= 0.6 is 45.8 Å². The van der Waals surface area contributed by atoms with Crippen molar-refractivity contribution in [3.63, 3.8) is 0 Å². The number of halogens is 3. The number of nitrogens with zero attached hydrogens (tertiary/aromatic N) is 2. The fourth-order valence-corrected chi connectivity index (χ4v) is 2.95. The molecule has 7 heteroatoms. The van der Waals surface area contributed by atoms with Crippen molar-refractivity contribution in [3.8, 4) is 11.1 Å². The molecule has 2 rings (SSSR count). The summed E-state index contributed by atoms with van der Waals surface area (Å²) in [7, 11) is 1.59. The molecule has 0 saturated carbocycles. The molecule has 0 atom stereocenters. The number of amidine groups is 1. The number of nitrogens with two attached hydrogens (primary N) is 2. The zero-order valence-corrected chi connectivity index (χ0v) is 14.2. The molecule has 0 unspecified atom stereocenters. The molecule has 0 saturated heterocycles. The Bertz CT molecular complexity index is 701. The van der Waals surface area contributed by atoms with E-state index in [9.17, 15) is 0 Å². The number of anilines is 1. The minimum atomic E-state index is 0.328. The van der Waals surface area contributed by atoms with E-state index in [1.165, 1.54) is 0 Å².